The zero-order chi connectivity index (χ0) is 33.9. The van der Waals surface area contributed by atoms with E-state index in [1.54, 1.807) is 22.8 Å². The molecule has 1 saturated heterocycles. The molecular weight excluding hydrogens is 626 g/mol. The molecule has 0 aromatic carbocycles. The Bertz CT molecular complexity index is 2060. The second-order valence-electron chi connectivity index (χ2n) is 15.7. The lowest BCUT2D eigenvalue weighted by molar-refractivity contribution is -0.176. The Hall–Kier alpha value is -4.26. The highest BCUT2D eigenvalue weighted by Crippen LogP contribution is 2.75. The molecule has 2 amide bonds. The molecular formula is C36H43N7O6. The number of ether oxygens (including phenoxy) is 2. The molecule has 1 atom stereocenters. The molecule has 2 bridgehead atoms. The summed E-state index contributed by atoms with van der Waals surface area (Å²) in [5.41, 5.74) is 2.94. The number of amides is 2. The van der Waals surface area contributed by atoms with Crippen molar-refractivity contribution in [3.05, 3.63) is 55.1 Å². The number of piperidine rings is 1. The van der Waals surface area contributed by atoms with Crippen LogP contribution in [-0.4, -0.2) is 80.2 Å². The topological polar surface area (TPSA) is 153 Å². The molecule has 5 aliphatic carbocycles. The number of carbonyl (C=O) groups is 2. The van der Waals surface area contributed by atoms with Gasteiger partial charge in [0, 0.05) is 53.5 Å². The molecule has 13 nitrogen and oxygen atoms in total. The Labute approximate surface area is 283 Å². The number of H-pyrrole nitrogens is 1. The lowest BCUT2D eigenvalue weighted by atomic mass is 9.37. The van der Waals surface area contributed by atoms with E-state index in [2.05, 4.69) is 17.2 Å². The lowest BCUT2D eigenvalue weighted by Gasteiger charge is -2.71. The van der Waals surface area contributed by atoms with Gasteiger partial charge < -0.3 is 29.2 Å². The maximum Gasteiger partial charge on any atom is 0.263 e. The maximum atomic E-state index is 14.6. The number of pyridine rings is 2. The van der Waals surface area contributed by atoms with Crippen LogP contribution in [0.2, 0.25) is 0 Å². The van der Waals surface area contributed by atoms with E-state index >= 15 is 0 Å². The fraction of sp³-hybridized carbons (Fsp3) is 0.611. The van der Waals surface area contributed by atoms with E-state index in [1.165, 1.54) is 20.0 Å². The summed E-state index contributed by atoms with van der Waals surface area (Å²) in [7, 11) is 1.43. The molecule has 13 heteroatoms. The van der Waals surface area contributed by atoms with Crippen LogP contribution in [0.25, 0.3) is 16.9 Å². The lowest BCUT2D eigenvalue weighted by Crippen LogP contribution is -2.75. The first-order chi connectivity index (χ1) is 23.6. The predicted octanol–water partition coefficient (Wildman–Crippen LogP) is 2.99. The van der Waals surface area contributed by atoms with Gasteiger partial charge in [0.15, 0.2) is 11.2 Å². The van der Waals surface area contributed by atoms with Crippen LogP contribution in [0.4, 0.5) is 0 Å². The number of methoxy groups -OCH3 is 1. The molecule has 2 aliphatic heterocycles. The van der Waals surface area contributed by atoms with Gasteiger partial charge in [0.25, 0.3) is 5.91 Å². The van der Waals surface area contributed by atoms with Crippen LogP contribution in [0, 0.1) is 18.3 Å². The van der Waals surface area contributed by atoms with Crippen molar-refractivity contribution in [3.63, 3.8) is 0 Å². The minimum absolute atomic E-state index is 0.000450. The van der Waals surface area contributed by atoms with Gasteiger partial charge >= 0.3 is 0 Å². The molecule has 5 heterocycles. The Morgan fingerprint density at radius 2 is 1.88 bits per heavy atom. The summed E-state index contributed by atoms with van der Waals surface area (Å²) in [4.78, 5) is 61.3. The van der Waals surface area contributed by atoms with E-state index in [0.717, 1.165) is 43.0 Å². The van der Waals surface area contributed by atoms with Gasteiger partial charge in [0.1, 0.15) is 12.1 Å². The SMILES string of the molecule is COc1[nH]cc(C)c(=O)c1C(=O)N1CCC2(CC1)C[C@H](C)c1c2c(=O)c2nn(C3=CCOCC3)nc2n1CC(=O)NC12CC(C3CC3)(C1)C2. The van der Waals surface area contributed by atoms with Gasteiger partial charge in [0.2, 0.25) is 22.6 Å². The monoisotopic (exact) mass is 669 g/mol. The van der Waals surface area contributed by atoms with Crippen LogP contribution in [0.3, 0.4) is 0 Å². The molecule has 4 saturated carbocycles. The van der Waals surface area contributed by atoms with Crippen molar-refractivity contribution in [1.82, 2.24) is 34.8 Å². The Balaban J connectivity index is 1.06. The molecule has 49 heavy (non-hydrogen) atoms. The number of fused-ring (bicyclic) bond motifs is 3. The van der Waals surface area contributed by atoms with E-state index in [1.807, 2.05) is 10.6 Å². The maximum absolute atomic E-state index is 14.6. The number of nitrogens with zero attached hydrogens (tertiary/aromatic N) is 5. The normalized spacial score (nSPS) is 28.1. The number of hydrogen-bond donors (Lipinski definition) is 2. The molecule has 5 fully saturated rings. The van der Waals surface area contributed by atoms with E-state index in [9.17, 15) is 19.2 Å². The molecule has 0 radical (unpaired) electrons. The largest absolute Gasteiger partial charge is 0.482 e. The first-order valence-corrected chi connectivity index (χ1v) is 17.7. The smallest absolute Gasteiger partial charge is 0.263 e. The first kappa shape index (κ1) is 30.8. The summed E-state index contributed by atoms with van der Waals surface area (Å²) >= 11 is 0. The number of rotatable bonds is 7. The number of aromatic nitrogens is 5. The van der Waals surface area contributed by atoms with E-state index in [4.69, 9.17) is 19.7 Å². The highest BCUT2D eigenvalue weighted by Gasteiger charge is 2.72. The van der Waals surface area contributed by atoms with Gasteiger partial charge in [-0.05, 0) is 81.6 Å². The predicted molar refractivity (Wildman–Crippen MR) is 180 cm³/mol. The standard InChI is InChI=1S/C36H43N7O6/c1-20-14-34(8-10-41(11-9-34)33(47)25-29(45)21(2)15-37-32(25)48-3)26-28(20)42(16-24(44)38-36-17-35(18-36,19-36)22-4-5-22)31-27(30(26)46)39-43(40-31)23-6-12-49-13-7-23/h6,15,20,22H,4-5,7-14,16-19H2,1-3H3,(H,37,45)(H,38,44)/t20-,35?,36?/m0/s1. The Morgan fingerprint density at radius 1 is 1.12 bits per heavy atom. The minimum atomic E-state index is -0.496. The highest BCUT2D eigenvalue weighted by atomic mass is 16.5. The number of hydrogen-bond acceptors (Lipinski definition) is 8. The van der Waals surface area contributed by atoms with Crippen LogP contribution < -0.4 is 20.9 Å². The number of aryl methyl sites for hydroxylation is 1. The third-order valence-electron chi connectivity index (χ3n) is 12.6. The van der Waals surface area contributed by atoms with Crippen LogP contribution in [0.15, 0.2) is 21.9 Å². The number of likely N-dealkylation sites (tertiary alicyclic amines) is 1. The van der Waals surface area contributed by atoms with Crippen molar-refractivity contribution < 1.29 is 19.1 Å². The summed E-state index contributed by atoms with van der Waals surface area (Å²) in [5.74, 6) is 0.552. The van der Waals surface area contributed by atoms with Crippen molar-refractivity contribution in [1.29, 1.82) is 0 Å². The van der Waals surface area contributed by atoms with Gasteiger partial charge in [-0.3, -0.25) is 19.2 Å². The van der Waals surface area contributed by atoms with E-state index < -0.39 is 5.41 Å². The Kier molecular flexibility index (Phi) is 6.67. The van der Waals surface area contributed by atoms with Gasteiger partial charge in [0.05, 0.1) is 26.0 Å². The van der Waals surface area contributed by atoms with Crippen molar-refractivity contribution in [3.8, 4) is 5.88 Å². The third kappa shape index (κ3) is 4.53. The second kappa shape index (κ2) is 10.6. The zero-order valence-electron chi connectivity index (χ0n) is 28.4. The third-order valence-corrected chi connectivity index (χ3v) is 12.6. The summed E-state index contributed by atoms with van der Waals surface area (Å²) in [5, 5.41) is 13.0. The quantitative estimate of drug-likeness (QED) is 0.390. The van der Waals surface area contributed by atoms with Gasteiger partial charge in [-0.15, -0.1) is 10.2 Å². The average Bonchev–Trinajstić information content (AvgIpc) is 3.73. The number of nitrogens with one attached hydrogen (secondary N) is 2. The molecule has 1 spiro atoms. The fourth-order valence-electron chi connectivity index (χ4n) is 10.2. The van der Waals surface area contributed by atoms with Crippen LogP contribution in [0.1, 0.15) is 97.8 Å². The second-order valence-corrected chi connectivity index (χ2v) is 15.7. The molecule has 3 aromatic rings. The van der Waals surface area contributed by atoms with Crippen molar-refractivity contribution in [2.75, 3.05) is 33.4 Å². The van der Waals surface area contributed by atoms with E-state index in [-0.39, 0.29) is 57.6 Å². The summed E-state index contributed by atoms with van der Waals surface area (Å²) < 4.78 is 12.8. The molecule has 10 rings (SSSR count). The van der Waals surface area contributed by atoms with Crippen molar-refractivity contribution >= 4 is 28.7 Å². The Morgan fingerprint density at radius 3 is 2.55 bits per heavy atom. The highest BCUT2D eigenvalue weighted by molar-refractivity contribution is 5.96. The zero-order valence-corrected chi connectivity index (χ0v) is 28.4. The van der Waals surface area contributed by atoms with E-state index in [0.29, 0.717) is 67.8 Å². The number of carbonyl (C=O) groups excluding carboxylic acids is 2. The van der Waals surface area contributed by atoms with Crippen molar-refractivity contribution in [2.45, 2.75) is 95.1 Å². The summed E-state index contributed by atoms with van der Waals surface area (Å²) in [6, 6.07) is 0. The molecule has 258 valence electrons. The van der Waals surface area contributed by atoms with Gasteiger partial charge in [-0.1, -0.05) is 6.92 Å². The van der Waals surface area contributed by atoms with Crippen LogP contribution in [-0.2, 0) is 21.5 Å². The molecule has 0 unspecified atom stereocenters. The molecule has 3 aromatic heterocycles. The molecule has 2 N–H and O–H groups in total. The average molecular weight is 670 g/mol. The fourth-order valence-corrected chi connectivity index (χ4v) is 10.2. The molecule has 7 aliphatic rings. The van der Waals surface area contributed by atoms with Gasteiger partial charge in [-0.25, -0.2) is 0 Å². The summed E-state index contributed by atoms with van der Waals surface area (Å²) in [6.07, 6.45) is 11.8. The first-order valence-electron chi connectivity index (χ1n) is 17.7. The minimum Gasteiger partial charge on any atom is -0.482 e. The summed E-state index contributed by atoms with van der Waals surface area (Å²) in [6.45, 7) is 5.61. The van der Waals surface area contributed by atoms with Crippen molar-refractivity contribution in [2.24, 2.45) is 11.3 Å². The van der Waals surface area contributed by atoms with Crippen LogP contribution in [0.5, 0.6) is 5.88 Å². The number of aromatic amines is 1. The van der Waals surface area contributed by atoms with Crippen LogP contribution >= 0.6 is 0 Å². The van der Waals surface area contributed by atoms with Gasteiger partial charge in [-0.2, -0.15) is 4.80 Å².